The van der Waals surface area contributed by atoms with Crippen LogP contribution in [0.2, 0.25) is 0 Å². The lowest BCUT2D eigenvalue weighted by molar-refractivity contribution is -0.384. The predicted molar refractivity (Wildman–Crippen MR) is 110 cm³/mol. The third-order valence-corrected chi connectivity index (χ3v) is 4.78. The highest BCUT2D eigenvalue weighted by atomic mass is 16.6. The molecule has 0 saturated carbocycles. The molecule has 0 saturated heterocycles. The van der Waals surface area contributed by atoms with Gasteiger partial charge in [-0.25, -0.2) is 4.79 Å². The van der Waals surface area contributed by atoms with E-state index in [-0.39, 0.29) is 23.4 Å². The minimum atomic E-state index is -1.13. The van der Waals surface area contributed by atoms with Crippen molar-refractivity contribution in [3.8, 4) is 0 Å². The van der Waals surface area contributed by atoms with Crippen LogP contribution in [0.15, 0.2) is 46.8 Å². The van der Waals surface area contributed by atoms with Crippen LogP contribution in [0.1, 0.15) is 39.2 Å². The fraction of sp³-hybridized carbons (Fsp3) is 0.429. The van der Waals surface area contributed by atoms with E-state index in [1.165, 1.54) is 30.2 Å². The summed E-state index contributed by atoms with van der Waals surface area (Å²) in [6, 6.07) is 5.84. The van der Waals surface area contributed by atoms with E-state index in [4.69, 9.17) is 4.74 Å². The van der Waals surface area contributed by atoms with Gasteiger partial charge >= 0.3 is 5.97 Å². The number of hydrogen-bond acceptors (Lipinski definition) is 7. The molecule has 1 heterocycles. The molecular formula is C21H27N3O6. The maximum absolute atomic E-state index is 13.4. The van der Waals surface area contributed by atoms with Crippen LogP contribution in [0, 0.1) is 10.1 Å². The number of carbonyl (C=O) groups is 2. The molecule has 0 aliphatic carbocycles. The van der Waals surface area contributed by atoms with E-state index in [2.05, 4.69) is 5.32 Å². The molecule has 2 N–H and O–H groups in total. The van der Waals surface area contributed by atoms with E-state index in [1.807, 2.05) is 0 Å². The van der Waals surface area contributed by atoms with Gasteiger partial charge in [0.15, 0.2) is 0 Å². The number of methoxy groups -OCH3 is 1. The quantitative estimate of drug-likeness (QED) is 0.413. The smallest absolute Gasteiger partial charge is 0.336 e. The summed E-state index contributed by atoms with van der Waals surface area (Å²) in [6.45, 7) is 6.60. The number of hydrogen-bond donors (Lipinski definition) is 2. The molecule has 1 aliphatic heterocycles. The number of aliphatic hydroxyl groups is 1. The number of likely N-dealkylation sites (N-methyl/N-ethyl adjacent to an activating group) is 1. The average Bonchev–Trinajstić information content (AvgIpc) is 2.65. The number of esters is 1. The number of nitrogens with zero attached hydrogens (tertiary/aromatic N) is 2. The Hall–Kier alpha value is -3.20. The Morgan fingerprint density at radius 1 is 1.27 bits per heavy atom. The Labute approximate surface area is 175 Å². The first-order valence-corrected chi connectivity index (χ1v) is 9.36. The largest absolute Gasteiger partial charge is 0.466 e. The molecular weight excluding hydrogens is 390 g/mol. The van der Waals surface area contributed by atoms with Crippen molar-refractivity contribution in [2.24, 2.45) is 0 Å². The van der Waals surface area contributed by atoms with E-state index in [0.717, 1.165) is 0 Å². The summed E-state index contributed by atoms with van der Waals surface area (Å²) in [4.78, 5) is 38.1. The molecule has 162 valence electrons. The molecule has 1 aromatic rings. The van der Waals surface area contributed by atoms with Gasteiger partial charge in [0.05, 0.1) is 29.1 Å². The molecule has 0 aromatic heterocycles. The number of benzene rings is 1. The summed E-state index contributed by atoms with van der Waals surface area (Å²) >= 11 is 0. The summed E-state index contributed by atoms with van der Waals surface area (Å²) in [5.74, 6) is -1.91. The second-order valence-electron chi connectivity index (χ2n) is 7.95. The number of nitro benzene ring substituents is 1. The molecule has 1 aliphatic rings. The highest BCUT2D eigenvalue weighted by molar-refractivity contribution is 6.02. The zero-order chi connectivity index (χ0) is 22.8. The van der Waals surface area contributed by atoms with Crippen molar-refractivity contribution in [2.45, 2.75) is 39.2 Å². The number of allylic oxidation sites excluding steroid dienone is 2. The summed E-state index contributed by atoms with van der Waals surface area (Å²) < 4.78 is 4.94. The Bertz CT molecular complexity index is 942. The van der Waals surface area contributed by atoms with Gasteiger partial charge in [-0.15, -0.1) is 0 Å². The van der Waals surface area contributed by atoms with Crippen molar-refractivity contribution < 1.29 is 24.4 Å². The Balaban J connectivity index is 2.67. The van der Waals surface area contributed by atoms with Gasteiger partial charge in [0.1, 0.15) is 0 Å². The summed E-state index contributed by atoms with van der Waals surface area (Å²) in [7, 11) is 2.79. The van der Waals surface area contributed by atoms with Gasteiger partial charge in [0.25, 0.3) is 11.6 Å². The van der Waals surface area contributed by atoms with Crippen molar-refractivity contribution in [2.75, 3.05) is 20.7 Å². The van der Waals surface area contributed by atoms with E-state index >= 15 is 0 Å². The third-order valence-electron chi connectivity index (χ3n) is 4.78. The standard InChI is InChI=1S/C21H27N3O6/c1-12-16(19(25)23(5)11-21(3,4)27)18(17(13(2)22-12)20(26)30-6)14-8-7-9-15(10-14)24(28)29/h7-10,18,22,27H,11H2,1-6H3. The van der Waals surface area contributed by atoms with Crippen molar-refractivity contribution >= 4 is 17.6 Å². The molecule has 0 fully saturated rings. The number of carbonyl (C=O) groups excluding carboxylic acids is 2. The van der Waals surface area contributed by atoms with Crippen molar-refractivity contribution in [1.29, 1.82) is 0 Å². The normalized spacial score (nSPS) is 16.8. The number of non-ortho nitro benzene ring substituents is 1. The van der Waals surface area contributed by atoms with Gasteiger partial charge in [0, 0.05) is 42.7 Å². The highest BCUT2D eigenvalue weighted by Gasteiger charge is 2.39. The summed E-state index contributed by atoms with van der Waals surface area (Å²) in [5, 5.41) is 24.5. The predicted octanol–water partition coefficient (Wildman–Crippen LogP) is 2.23. The van der Waals surface area contributed by atoms with Gasteiger partial charge in [-0.05, 0) is 33.3 Å². The van der Waals surface area contributed by atoms with E-state index in [9.17, 15) is 24.8 Å². The maximum atomic E-state index is 13.4. The van der Waals surface area contributed by atoms with Crippen LogP contribution in [0.25, 0.3) is 0 Å². The lowest BCUT2D eigenvalue weighted by atomic mass is 9.79. The van der Waals surface area contributed by atoms with Crippen LogP contribution in [-0.4, -0.2) is 53.1 Å². The van der Waals surface area contributed by atoms with Crippen LogP contribution in [0.4, 0.5) is 5.69 Å². The minimum absolute atomic E-state index is 0.0561. The van der Waals surface area contributed by atoms with Gasteiger partial charge in [-0.1, -0.05) is 12.1 Å². The molecule has 30 heavy (non-hydrogen) atoms. The van der Waals surface area contributed by atoms with Gasteiger partial charge in [-0.2, -0.15) is 0 Å². The lowest BCUT2D eigenvalue weighted by Crippen LogP contribution is -2.43. The topological polar surface area (TPSA) is 122 Å². The van der Waals surface area contributed by atoms with Crippen molar-refractivity contribution in [3.05, 3.63) is 62.5 Å². The molecule has 1 atom stereocenters. The average molecular weight is 417 g/mol. The summed E-state index contributed by atoms with van der Waals surface area (Å²) in [5.41, 5.74) is 0.615. The first-order valence-electron chi connectivity index (χ1n) is 9.36. The fourth-order valence-corrected chi connectivity index (χ4v) is 3.67. The summed E-state index contributed by atoms with van der Waals surface area (Å²) in [6.07, 6.45) is 0. The molecule has 1 amide bonds. The van der Waals surface area contributed by atoms with Crippen molar-refractivity contribution in [1.82, 2.24) is 10.2 Å². The second-order valence-corrected chi connectivity index (χ2v) is 7.95. The number of dihydropyridines is 1. The minimum Gasteiger partial charge on any atom is -0.466 e. The molecule has 1 unspecified atom stereocenters. The molecule has 0 spiro atoms. The van der Waals surface area contributed by atoms with Gasteiger partial charge in [-0.3, -0.25) is 14.9 Å². The van der Waals surface area contributed by atoms with Gasteiger partial charge in [0.2, 0.25) is 0 Å². The second kappa shape index (κ2) is 8.66. The number of rotatable bonds is 6. The van der Waals surface area contributed by atoms with Crippen LogP contribution < -0.4 is 5.32 Å². The van der Waals surface area contributed by atoms with Crippen LogP contribution >= 0.6 is 0 Å². The Morgan fingerprint density at radius 2 is 1.87 bits per heavy atom. The monoisotopic (exact) mass is 417 g/mol. The Kier molecular flexibility index (Phi) is 6.66. The SMILES string of the molecule is COC(=O)C1=C(C)NC(C)=C(C(=O)N(C)CC(C)(C)O)C1c1cccc([N+](=O)[O-])c1. The third kappa shape index (κ3) is 4.85. The van der Waals surface area contributed by atoms with E-state index in [0.29, 0.717) is 17.0 Å². The van der Waals surface area contributed by atoms with Crippen LogP contribution in [0.5, 0.6) is 0 Å². The first-order chi connectivity index (χ1) is 13.9. The zero-order valence-electron chi connectivity index (χ0n) is 18.0. The van der Waals surface area contributed by atoms with Crippen LogP contribution in [0.3, 0.4) is 0 Å². The lowest BCUT2D eigenvalue weighted by Gasteiger charge is -2.34. The fourth-order valence-electron chi connectivity index (χ4n) is 3.67. The van der Waals surface area contributed by atoms with E-state index in [1.54, 1.807) is 40.8 Å². The van der Waals surface area contributed by atoms with Gasteiger partial charge < -0.3 is 20.1 Å². The number of amides is 1. The molecule has 9 heteroatoms. The molecule has 9 nitrogen and oxygen atoms in total. The van der Waals surface area contributed by atoms with E-state index < -0.39 is 28.3 Å². The zero-order valence-corrected chi connectivity index (χ0v) is 18.0. The van der Waals surface area contributed by atoms with Crippen LogP contribution in [-0.2, 0) is 14.3 Å². The number of nitro groups is 1. The maximum Gasteiger partial charge on any atom is 0.336 e. The molecule has 0 bridgehead atoms. The molecule has 0 radical (unpaired) electrons. The first kappa shape index (κ1) is 23.1. The van der Waals surface area contributed by atoms with Crippen molar-refractivity contribution in [3.63, 3.8) is 0 Å². The Morgan fingerprint density at radius 3 is 2.40 bits per heavy atom. The number of nitrogens with one attached hydrogen (secondary N) is 1. The molecule has 1 aromatic carbocycles. The molecule has 2 rings (SSSR count). The highest BCUT2D eigenvalue weighted by Crippen LogP contribution is 2.40. The number of ether oxygens (including phenoxy) is 1.